The lowest BCUT2D eigenvalue weighted by molar-refractivity contribution is -0.104. The number of hydrogen-bond donors (Lipinski definition) is 1. The van der Waals surface area contributed by atoms with E-state index < -0.39 is 0 Å². The molecule has 0 aliphatic heterocycles. The lowest BCUT2D eigenvalue weighted by Gasteiger charge is -1.99. The largest absolute Gasteiger partial charge is 0.355 e. The minimum atomic E-state index is -0.115. The molecule has 0 saturated carbocycles. The van der Waals surface area contributed by atoms with Gasteiger partial charge in [0.2, 0.25) is 0 Å². The first-order valence-electron chi connectivity index (χ1n) is 4.22. The summed E-state index contributed by atoms with van der Waals surface area (Å²) in [5.41, 5.74) is 1.50. The summed E-state index contributed by atoms with van der Waals surface area (Å²) in [6, 6.07) is 6.99. The van der Waals surface area contributed by atoms with E-state index in [2.05, 4.69) is 5.32 Å². The van der Waals surface area contributed by atoms with Gasteiger partial charge in [0.05, 0.1) is 0 Å². The minimum absolute atomic E-state index is 0.115. The maximum Gasteiger partial charge on any atom is 0.251 e. The van der Waals surface area contributed by atoms with Crippen LogP contribution in [-0.2, 0) is 4.79 Å². The van der Waals surface area contributed by atoms with Gasteiger partial charge >= 0.3 is 0 Å². The lowest BCUT2D eigenvalue weighted by atomic mass is 10.1. The van der Waals surface area contributed by atoms with Gasteiger partial charge in [0.15, 0.2) is 0 Å². The van der Waals surface area contributed by atoms with Crippen LogP contribution in [0.1, 0.15) is 15.9 Å². The van der Waals surface area contributed by atoms with Crippen LogP contribution in [0, 0.1) is 0 Å². The molecule has 0 fully saturated rings. The molecule has 0 atom stereocenters. The van der Waals surface area contributed by atoms with Crippen molar-refractivity contribution in [1.29, 1.82) is 0 Å². The first-order valence-corrected chi connectivity index (χ1v) is 4.22. The number of nitrogens with one attached hydrogen (secondary N) is 1. The van der Waals surface area contributed by atoms with Crippen LogP contribution >= 0.6 is 0 Å². The minimum Gasteiger partial charge on any atom is -0.355 e. The summed E-state index contributed by atoms with van der Waals surface area (Å²) in [6.45, 7) is 0. The third-order valence-corrected chi connectivity index (χ3v) is 1.77. The second-order valence-electron chi connectivity index (χ2n) is 2.70. The van der Waals surface area contributed by atoms with Gasteiger partial charge in [0.25, 0.3) is 5.91 Å². The van der Waals surface area contributed by atoms with Crippen LogP contribution in [0.4, 0.5) is 0 Å². The van der Waals surface area contributed by atoms with Crippen molar-refractivity contribution in [2.75, 3.05) is 7.05 Å². The van der Waals surface area contributed by atoms with Crippen molar-refractivity contribution in [3.63, 3.8) is 0 Å². The molecule has 3 heteroatoms. The van der Waals surface area contributed by atoms with Crippen LogP contribution in [0.25, 0.3) is 6.08 Å². The van der Waals surface area contributed by atoms with Crippen molar-refractivity contribution < 1.29 is 9.59 Å². The number of amides is 1. The average Bonchev–Trinajstić information content (AvgIpc) is 2.26. The zero-order valence-corrected chi connectivity index (χ0v) is 7.86. The van der Waals surface area contributed by atoms with Gasteiger partial charge in [-0.2, -0.15) is 0 Å². The highest BCUT2D eigenvalue weighted by atomic mass is 16.1. The maximum atomic E-state index is 11.2. The van der Waals surface area contributed by atoms with Gasteiger partial charge in [-0.05, 0) is 23.8 Å². The highest BCUT2D eigenvalue weighted by Crippen LogP contribution is 2.05. The molecule has 1 amide bonds. The van der Waals surface area contributed by atoms with Crippen molar-refractivity contribution in [2.24, 2.45) is 0 Å². The molecule has 72 valence electrons. The first kappa shape index (κ1) is 10.2. The molecule has 0 aliphatic carbocycles. The van der Waals surface area contributed by atoms with E-state index >= 15 is 0 Å². The number of benzene rings is 1. The van der Waals surface area contributed by atoms with Gasteiger partial charge < -0.3 is 5.32 Å². The predicted molar refractivity (Wildman–Crippen MR) is 54.9 cm³/mol. The van der Waals surface area contributed by atoms with Crippen LogP contribution in [0.3, 0.4) is 0 Å². The predicted octanol–water partition coefficient (Wildman–Crippen LogP) is 1.26. The molecular weight excluding hydrogens is 178 g/mol. The standard InChI is InChI=1S/C11H11NO2/c1-12-11(14)10-6-4-9(5-7-10)3-2-8-13/h2-8H,1H3,(H,12,14)/b3-2+. The SMILES string of the molecule is CNC(=O)c1ccc(/C=C/C=O)cc1. The molecule has 0 spiro atoms. The molecule has 3 nitrogen and oxygen atoms in total. The van der Waals surface area contributed by atoms with E-state index in [1.807, 2.05) is 0 Å². The van der Waals surface area contributed by atoms with Crippen molar-refractivity contribution >= 4 is 18.3 Å². The quantitative estimate of drug-likeness (QED) is 0.574. The molecular formula is C11H11NO2. The highest BCUT2D eigenvalue weighted by Gasteiger charge is 2.00. The van der Waals surface area contributed by atoms with Gasteiger partial charge in [-0.15, -0.1) is 0 Å². The molecule has 1 aromatic carbocycles. The highest BCUT2D eigenvalue weighted by molar-refractivity contribution is 5.94. The number of rotatable bonds is 3. The Balaban J connectivity index is 2.83. The van der Waals surface area contributed by atoms with Crippen LogP contribution < -0.4 is 5.32 Å². The summed E-state index contributed by atoms with van der Waals surface area (Å²) in [6.07, 6.45) is 3.81. The summed E-state index contributed by atoms with van der Waals surface area (Å²) in [7, 11) is 1.59. The monoisotopic (exact) mass is 189 g/mol. The van der Waals surface area contributed by atoms with Crippen LogP contribution in [0.5, 0.6) is 0 Å². The van der Waals surface area contributed by atoms with Crippen molar-refractivity contribution in [3.05, 3.63) is 41.5 Å². The van der Waals surface area contributed by atoms with Crippen LogP contribution in [-0.4, -0.2) is 19.2 Å². The Hall–Kier alpha value is -1.90. The molecule has 0 bridgehead atoms. The Labute approximate surface area is 82.4 Å². The van der Waals surface area contributed by atoms with Gasteiger partial charge in [-0.25, -0.2) is 0 Å². The zero-order valence-electron chi connectivity index (χ0n) is 7.86. The van der Waals surface area contributed by atoms with Crippen LogP contribution in [0.15, 0.2) is 30.3 Å². The number of aldehydes is 1. The Morgan fingerprint density at radius 3 is 2.43 bits per heavy atom. The third kappa shape index (κ3) is 2.55. The summed E-state index contributed by atoms with van der Waals surface area (Å²) >= 11 is 0. The number of hydrogen-bond acceptors (Lipinski definition) is 2. The fraction of sp³-hybridized carbons (Fsp3) is 0.0909. The van der Waals surface area contributed by atoms with Gasteiger partial charge in [0, 0.05) is 12.6 Å². The van der Waals surface area contributed by atoms with Gasteiger partial charge in [-0.3, -0.25) is 9.59 Å². The average molecular weight is 189 g/mol. The number of allylic oxidation sites excluding steroid dienone is 1. The second kappa shape index (κ2) is 4.97. The van der Waals surface area contributed by atoms with E-state index in [1.54, 1.807) is 37.4 Å². The Morgan fingerprint density at radius 1 is 1.29 bits per heavy atom. The maximum absolute atomic E-state index is 11.2. The van der Waals surface area contributed by atoms with Crippen LogP contribution in [0.2, 0.25) is 0 Å². The van der Waals surface area contributed by atoms with E-state index in [1.165, 1.54) is 6.08 Å². The first-order chi connectivity index (χ1) is 6.77. The van der Waals surface area contributed by atoms with E-state index in [0.717, 1.165) is 5.56 Å². The van der Waals surface area contributed by atoms with E-state index in [9.17, 15) is 9.59 Å². The Bertz CT molecular complexity index is 352. The van der Waals surface area contributed by atoms with Crippen molar-refractivity contribution in [1.82, 2.24) is 5.32 Å². The van der Waals surface area contributed by atoms with Gasteiger partial charge in [0.1, 0.15) is 6.29 Å². The molecule has 1 rings (SSSR count). The van der Waals surface area contributed by atoms with Crippen molar-refractivity contribution in [3.8, 4) is 0 Å². The smallest absolute Gasteiger partial charge is 0.251 e. The van der Waals surface area contributed by atoms with E-state index in [-0.39, 0.29) is 5.91 Å². The summed E-state index contributed by atoms with van der Waals surface area (Å²) < 4.78 is 0. The summed E-state index contributed by atoms with van der Waals surface area (Å²) in [5, 5.41) is 2.53. The van der Waals surface area contributed by atoms with E-state index in [4.69, 9.17) is 0 Å². The van der Waals surface area contributed by atoms with E-state index in [0.29, 0.717) is 11.8 Å². The van der Waals surface area contributed by atoms with Crippen molar-refractivity contribution in [2.45, 2.75) is 0 Å². The van der Waals surface area contributed by atoms with Gasteiger partial charge in [-0.1, -0.05) is 18.2 Å². The molecule has 0 radical (unpaired) electrons. The molecule has 1 N–H and O–H groups in total. The molecule has 1 aromatic rings. The lowest BCUT2D eigenvalue weighted by Crippen LogP contribution is -2.17. The Kier molecular flexibility index (Phi) is 3.61. The normalized spacial score (nSPS) is 10.1. The topological polar surface area (TPSA) is 46.2 Å². The molecule has 0 heterocycles. The fourth-order valence-electron chi connectivity index (χ4n) is 1.04. The number of carbonyl (C=O) groups excluding carboxylic acids is 2. The molecule has 0 aliphatic rings. The fourth-order valence-corrected chi connectivity index (χ4v) is 1.04. The summed E-state index contributed by atoms with van der Waals surface area (Å²) in [4.78, 5) is 21.2. The summed E-state index contributed by atoms with van der Waals surface area (Å²) in [5.74, 6) is -0.115. The molecule has 0 aromatic heterocycles. The third-order valence-electron chi connectivity index (χ3n) is 1.77. The zero-order chi connectivity index (χ0) is 10.4. The molecule has 14 heavy (non-hydrogen) atoms. The molecule has 0 unspecified atom stereocenters. The Morgan fingerprint density at radius 2 is 1.93 bits per heavy atom. The molecule has 0 saturated heterocycles. The number of carbonyl (C=O) groups is 2. The second-order valence-corrected chi connectivity index (χ2v) is 2.70.